The maximum absolute atomic E-state index is 13.0. The molecule has 6 rings (SSSR count). The molecule has 4 aliphatic carbocycles. The average molecular weight is 436 g/mol. The summed E-state index contributed by atoms with van der Waals surface area (Å²) in [5, 5.41) is 6.50. The second-order valence-corrected chi connectivity index (χ2v) is 9.42. The molecule has 2 aromatic rings. The van der Waals surface area contributed by atoms with Gasteiger partial charge in [0, 0.05) is 17.3 Å². The first-order valence-corrected chi connectivity index (χ1v) is 10.7. The van der Waals surface area contributed by atoms with Crippen LogP contribution < -0.4 is 16.4 Å². The molecule has 2 aromatic heterocycles. The van der Waals surface area contributed by atoms with Gasteiger partial charge in [0.25, 0.3) is 17.7 Å². The first-order chi connectivity index (χ1) is 14.9. The van der Waals surface area contributed by atoms with Crippen molar-refractivity contribution in [3.05, 3.63) is 59.7 Å². The molecule has 8 nitrogen and oxygen atoms in total. The van der Waals surface area contributed by atoms with Gasteiger partial charge in [-0.05, 0) is 74.6 Å². The molecule has 0 saturated heterocycles. The Hall–Kier alpha value is -3.29. The van der Waals surface area contributed by atoms with Crippen molar-refractivity contribution in [1.29, 1.82) is 0 Å². The predicted octanol–water partition coefficient (Wildman–Crippen LogP) is 2.46. The van der Waals surface area contributed by atoms with Gasteiger partial charge in [0.1, 0.15) is 17.1 Å². The molecular weight excluding hydrogens is 406 g/mol. The second kappa shape index (κ2) is 8.00. The van der Waals surface area contributed by atoms with Crippen LogP contribution in [0.4, 0.5) is 0 Å². The Bertz CT molecular complexity index is 1040. The molecule has 4 N–H and O–H groups in total. The Labute approximate surface area is 187 Å². The van der Waals surface area contributed by atoms with Crippen LogP contribution in [0.3, 0.4) is 0 Å². The molecule has 0 aromatic carbocycles. The summed E-state index contributed by atoms with van der Waals surface area (Å²) >= 11 is 0. The first-order valence-electron chi connectivity index (χ1n) is 10.7. The largest absolute Gasteiger partial charge is 0.364 e. The highest BCUT2D eigenvalue weighted by atomic mass is 16.2. The van der Waals surface area contributed by atoms with Gasteiger partial charge >= 0.3 is 0 Å². The average Bonchev–Trinajstić information content (AvgIpc) is 2.72. The highest BCUT2D eigenvalue weighted by Crippen LogP contribution is 2.57. The van der Waals surface area contributed by atoms with Crippen molar-refractivity contribution in [3.8, 4) is 0 Å². The molecule has 4 aliphatic rings. The molecule has 4 bridgehead atoms. The van der Waals surface area contributed by atoms with Crippen molar-refractivity contribution in [2.75, 3.05) is 0 Å². The number of nitrogens with two attached hydrogens (primary N) is 1. The van der Waals surface area contributed by atoms with E-state index in [1.807, 2.05) is 0 Å². The maximum atomic E-state index is 13.0. The van der Waals surface area contributed by atoms with Gasteiger partial charge in [-0.15, -0.1) is 0 Å². The molecule has 4 fully saturated rings. The number of nitrogens with one attached hydrogen (secondary N) is 2. The zero-order valence-corrected chi connectivity index (χ0v) is 17.1. The minimum Gasteiger partial charge on any atom is -0.364 e. The van der Waals surface area contributed by atoms with Gasteiger partial charge in [-0.25, -0.2) is 4.98 Å². The van der Waals surface area contributed by atoms with Gasteiger partial charge in [0.05, 0.1) is 0 Å². The minimum absolute atomic E-state index is 0. The van der Waals surface area contributed by atoms with Crippen molar-refractivity contribution < 1.29 is 14.4 Å². The van der Waals surface area contributed by atoms with Crippen LogP contribution in [0.1, 0.15) is 77.4 Å². The first kappa shape index (κ1) is 21.9. The van der Waals surface area contributed by atoms with E-state index < -0.39 is 5.91 Å². The summed E-state index contributed by atoms with van der Waals surface area (Å²) in [6.45, 7) is 0. The van der Waals surface area contributed by atoms with Crippen LogP contribution in [0.15, 0.2) is 42.6 Å². The fourth-order valence-corrected chi connectivity index (χ4v) is 6.36. The summed E-state index contributed by atoms with van der Waals surface area (Å²) in [4.78, 5) is 45.6. The van der Waals surface area contributed by atoms with Crippen molar-refractivity contribution >= 4 is 17.7 Å². The van der Waals surface area contributed by atoms with Gasteiger partial charge in [-0.3, -0.25) is 19.4 Å². The van der Waals surface area contributed by atoms with Gasteiger partial charge in [0.15, 0.2) is 0 Å². The number of aromatic nitrogens is 2. The van der Waals surface area contributed by atoms with Crippen molar-refractivity contribution in [2.45, 2.75) is 57.0 Å². The lowest BCUT2D eigenvalue weighted by Crippen LogP contribution is -2.70. The van der Waals surface area contributed by atoms with E-state index in [1.165, 1.54) is 6.07 Å². The van der Waals surface area contributed by atoms with E-state index in [9.17, 15) is 14.4 Å². The quantitative estimate of drug-likeness (QED) is 0.665. The normalized spacial score (nSPS) is 29.6. The Morgan fingerprint density at radius 1 is 0.844 bits per heavy atom. The molecule has 0 radical (unpaired) electrons. The molecule has 32 heavy (non-hydrogen) atoms. The standard InChI is InChI=1S/C23H25N5O3.CH4/c24-19(29)16-5-3-6-18(26-16)21(31)28-23-11-14-8-15(12-23)10-22(9-14,13-23)27-20(30)17-4-1-2-7-25-17;/h1-7,14-15H,8-13H2,(H2,24,29)(H,27,30)(H,28,31);1H4. The summed E-state index contributed by atoms with van der Waals surface area (Å²) in [5.41, 5.74) is 5.23. The topological polar surface area (TPSA) is 127 Å². The predicted molar refractivity (Wildman–Crippen MR) is 119 cm³/mol. The number of hydrogen-bond acceptors (Lipinski definition) is 5. The van der Waals surface area contributed by atoms with E-state index in [0.717, 1.165) is 32.1 Å². The zero-order chi connectivity index (χ0) is 21.6. The van der Waals surface area contributed by atoms with E-state index in [4.69, 9.17) is 5.73 Å². The third-order valence-corrected chi connectivity index (χ3v) is 6.95. The molecule has 4 saturated carbocycles. The lowest BCUT2D eigenvalue weighted by Gasteiger charge is -2.62. The highest BCUT2D eigenvalue weighted by molar-refractivity contribution is 5.96. The lowest BCUT2D eigenvalue weighted by molar-refractivity contribution is -0.0449. The van der Waals surface area contributed by atoms with E-state index >= 15 is 0 Å². The van der Waals surface area contributed by atoms with Crippen LogP contribution in [-0.4, -0.2) is 38.8 Å². The number of nitrogens with zero attached hydrogens (tertiary/aromatic N) is 2. The summed E-state index contributed by atoms with van der Waals surface area (Å²) in [7, 11) is 0. The summed E-state index contributed by atoms with van der Waals surface area (Å²) in [5.74, 6) is -0.234. The van der Waals surface area contributed by atoms with Crippen LogP contribution in [0.5, 0.6) is 0 Å². The Balaban J connectivity index is 0.00000245. The molecule has 8 heteroatoms. The Morgan fingerprint density at radius 3 is 1.97 bits per heavy atom. The molecule has 2 atom stereocenters. The molecule has 168 valence electrons. The minimum atomic E-state index is -0.666. The number of carbonyl (C=O) groups is 3. The molecule has 2 unspecified atom stereocenters. The molecule has 2 heterocycles. The van der Waals surface area contributed by atoms with Crippen LogP contribution in [0, 0.1) is 11.8 Å². The molecular formula is C24H29N5O3. The summed E-state index contributed by atoms with van der Waals surface area (Å²) in [6.07, 6.45) is 7.08. The van der Waals surface area contributed by atoms with Gasteiger partial charge in [-0.2, -0.15) is 0 Å². The van der Waals surface area contributed by atoms with Crippen LogP contribution >= 0.6 is 0 Å². The van der Waals surface area contributed by atoms with Gasteiger partial charge in [-0.1, -0.05) is 19.6 Å². The number of carbonyl (C=O) groups excluding carboxylic acids is 3. The summed E-state index contributed by atoms with van der Waals surface area (Å²) in [6, 6.07) is 9.98. The number of primary amides is 1. The van der Waals surface area contributed by atoms with Crippen molar-refractivity contribution in [1.82, 2.24) is 20.6 Å². The molecule has 3 amide bonds. The number of amides is 3. The number of hydrogen-bond donors (Lipinski definition) is 3. The fourth-order valence-electron chi connectivity index (χ4n) is 6.36. The van der Waals surface area contributed by atoms with E-state index in [1.54, 1.807) is 36.5 Å². The zero-order valence-electron chi connectivity index (χ0n) is 17.1. The third-order valence-electron chi connectivity index (χ3n) is 6.95. The Morgan fingerprint density at radius 2 is 1.41 bits per heavy atom. The van der Waals surface area contributed by atoms with Gasteiger partial charge in [0.2, 0.25) is 0 Å². The third kappa shape index (κ3) is 3.97. The van der Waals surface area contributed by atoms with Crippen LogP contribution in [-0.2, 0) is 0 Å². The summed E-state index contributed by atoms with van der Waals surface area (Å²) < 4.78 is 0. The Kier molecular flexibility index (Phi) is 5.48. The lowest BCUT2D eigenvalue weighted by atomic mass is 9.49. The molecule has 0 spiro atoms. The van der Waals surface area contributed by atoms with E-state index in [2.05, 4.69) is 20.6 Å². The van der Waals surface area contributed by atoms with Crippen LogP contribution in [0.2, 0.25) is 0 Å². The monoisotopic (exact) mass is 435 g/mol. The van der Waals surface area contributed by atoms with Crippen LogP contribution in [0.25, 0.3) is 0 Å². The van der Waals surface area contributed by atoms with Crippen molar-refractivity contribution in [2.24, 2.45) is 17.6 Å². The number of rotatable bonds is 5. The second-order valence-electron chi connectivity index (χ2n) is 9.42. The highest BCUT2D eigenvalue weighted by Gasteiger charge is 2.58. The fraction of sp³-hybridized carbons (Fsp3) is 0.458. The maximum Gasteiger partial charge on any atom is 0.270 e. The van der Waals surface area contributed by atoms with E-state index in [0.29, 0.717) is 24.0 Å². The SMILES string of the molecule is C.NC(=O)c1cccc(C(=O)NC23CC4CC(CC(NC(=O)c5ccccn5)(C4)C2)C3)n1. The van der Waals surface area contributed by atoms with Crippen molar-refractivity contribution in [3.63, 3.8) is 0 Å². The number of pyridine rings is 2. The smallest absolute Gasteiger partial charge is 0.270 e. The van der Waals surface area contributed by atoms with E-state index in [-0.39, 0.29) is 41.7 Å². The van der Waals surface area contributed by atoms with Gasteiger partial charge < -0.3 is 16.4 Å². The molecule has 0 aliphatic heterocycles.